The topological polar surface area (TPSA) is 87.3 Å². The number of benzene rings is 2. The zero-order chi connectivity index (χ0) is 18.7. The molecule has 0 aliphatic carbocycles. The van der Waals surface area contributed by atoms with Gasteiger partial charge < -0.3 is 4.74 Å². The van der Waals surface area contributed by atoms with E-state index in [0.717, 1.165) is 17.1 Å². The number of carbonyl (C=O) groups is 1. The number of nitro benzene ring substituents is 1. The van der Waals surface area contributed by atoms with E-state index in [1.165, 1.54) is 12.1 Å². The molecule has 0 bridgehead atoms. The summed E-state index contributed by atoms with van der Waals surface area (Å²) in [6.07, 6.45) is 0. The molecule has 3 aromatic rings. The summed E-state index contributed by atoms with van der Waals surface area (Å²) in [6.45, 7) is 3.90. The van der Waals surface area contributed by atoms with Gasteiger partial charge in [-0.1, -0.05) is 6.07 Å². The van der Waals surface area contributed by atoms with Crippen molar-refractivity contribution >= 4 is 11.7 Å². The molecule has 1 heterocycles. The molecule has 0 aliphatic rings. The van der Waals surface area contributed by atoms with Crippen molar-refractivity contribution in [3.8, 4) is 5.69 Å². The van der Waals surface area contributed by atoms with Crippen LogP contribution in [0.1, 0.15) is 27.3 Å². The summed E-state index contributed by atoms with van der Waals surface area (Å²) in [5.41, 5.74) is 3.74. The Bertz CT molecular complexity index is 961. The van der Waals surface area contributed by atoms with Gasteiger partial charge in [-0.05, 0) is 55.8 Å². The number of aryl methyl sites for hydroxylation is 2. The van der Waals surface area contributed by atoms with Crippen LogP contribution in [0, 0.1) is 24.0 Å². The molecule has 7 heteroatoms. The summed E-state index contributed by atoms with van der Waals surface area (Å²) < 4.78 is 7.07. The number of hydrogen-bond acceptors (Lipinski definition) is 5. The van der Waals surface area contributed by atoms with E-state index in [0.29, 0.717) is 11.1 Å². The molecule has 3 rings (SSSR count). The average molecular weight is 351 g/mol. The van der Waals surface area contributed by atoms with E-state index >= 15 is 0 Å². The molecule has 26 heavy (non-hydrogen) atoms. The van der Waals surface area contributed by atoms with Crippen LogP contribution in [0.2, 0.25) is 0 Å². The van der Waals surface area contributed by atoms with Gasteiger partial charge >= 0.3 is 5.97 Å². The Morgan fingerprint density at radius 3 is 2.50 bits per heavy atom. The van der Waals surface area contributed by atoms with Crippen molar-refractivity contribution in [2.45, 2.75) is 20.5 Å². The minimum atomic E-state index is -0.472. The maximum atomic E-state index is 12.3. The van der Waals surface area contributed by atoms with Gasteiger partial charge in [0.05, 0.1) is 21.9 Å². The number of nitrogens with zero attached hydrogens (tertiary/aromatic N) is 3. The molecule has 0 spiro atoms. The SMILES string of the molecule is Cc1cc(C)n(-c2cccc(C(=O)OCc3ccc([N+](=O)[O-])cc3)c2)n1. The molecular formula is C19H17N3O4. The third kappa shape index (κ3) is 3.77. The smallest absolute Gasteiger partial charge is 0.338 e. The zero-order valence-corrected chi connectivity index (χ0v) is 14.4. The van der Waals surface area contributed by atoms with Crippen LogP contribution in [0.4, 0.5) is 5.69 Å². The van der Waals surface area contributed by atoms with Gasteiger partial charge in [0.1, 0.15) is 6.61 Å². The maximum absolute atomic E-state index is 12.3. The lowest BCUT2D eigenvalue weighted by molar-refractivity contribution is -0.384. The molecule has 0 saturated carbocycles. The van der Waals surface area contributed by atoms with Crippen LogP contribution in [-0.2, 0) is 11.3 Å². The fourth-order valence-electron chi connectivity index (χ4n) is 2.60. The van der Waals surface area contributed by atoms with Gasteiger partial charge in [0.15, 0.2) is 0 Å². The van der Waals surface area contributed by atoms with E-state index in [-0.39, 0.29) is 12.3 Å². The molecule has 0 amide bonds. The first-order valence-electron chi connectivity index (χ1n) is 7.98. The van der Waals surface area contributed by atoms with Crippen molar-refractivity contribution < 1.29 is 14.5 Å². The third-order valence-corrected chi connectivity index (χ3v) is 3.85. The Balaban J connectivity index is 1.71. The summed E-state index contributed by atoms with van der Waals surface area (Å²) in [7, 11) is 0. The van der Waals surface area contributed by atoms with Crippen LogP contribution in [0.3, 0.4) is 0 Å². The number of rotatable bonds is 5. The van der Waals surface area contributed by atoms with Gasteiger partial charge in [-0.25, -0.2) is 9.48 Å². The lowest BCUT2D eigenvalue weighted by Crippen LogP contribution is -2.07. The Hall–Kier alpha value is -3.48. The van der Waals surface area contributed by atoms with Gasteiger partial charge in [-0.2, -0.15) is 5.10 Å². The van der Waals surface area contributed by atoms with Crippen molar-refractivity contribution in [3.63, 3.8) is 0 Å². The van der Waals surface area contributed by atoms with Crippen LogP contribution in [0.15, 0.2) is 54.6 Å². The molecule has 2 aromatic carbocycles. The highest BCUT2D eigenvalue weighted by Gasteiger charge is 2.11. The molecule has 0 radical (unpaired) electrons. The second kappa shape index (κ2) is 7.18. The molecule has 0 saturated heterocycles. The number of ether oxygens (including phenoxy) is 1. The van der Waals surface area contributed by atoms with Crippen molar-refractivity contribution in [2.75, 3.05) is 0 Å². The average Bonchev–Trinajstić information content (AvgIpc) is 2.98. The summed E-state index contributed by atoms with van der Waals surface area (Å²) in [5.74, 6) is -0.466. The Morgan fingerprint density at radius 2 is 1.88 bits per heavy atom. The van der Waals surface area contributed by atoms with E-state index in [9.17, 15) is 14.9 Å². The number of nitro groups is 1. The molecule has 0 N–H and O–H groups in total. The fourth-order valence-corrected chi connectivity index (χ4v) is 2.60. The predicted octanol–water partition coefficient (Wildman–Crippen LogP) is 3.75. The molecule has 0 unspecified atom stereocenters. The molecule has 0 aliphatic heterocycles. The zero-order valence-electron chi connectivity index (χ0n) is 14.4. The Morgan fingerprint density at radius 1 is 1.15 bits per heavy atom. The van der Waals surface area contributed by atoms with E-state index in [1.807, 2.05) is 26.0 Å². The van der Waals surface area contributed by atoms with E-state index < -0.39 is 10.9 Å². The highest BCUT2D eigenvalue weighted by molar-refractivity contribution is 5.90. The summed E-state index contributed by atoms with van der Waals surface area (Å²) in [6, 6.07) is 14.9. The second-order valence-corrected chi connectivity index (χ2v) is 5.89. The van der Waals surface area contributed by atoms with Gasteiger partial charge in [0.2, 0.25) is 0 Å². The molecule has 132 valence electrons. The molecular weight excluding hydrogens is 334 g/mol. The third-order valence-electron chi connectivity index (χ3n) is 3.85. The second-order valence-electron chi connectivity index (χ2n) is 5.89. The number of hydrogen-bond donors (Lipinski definition) is 0. The van der Waals surface area contributed by atoms with Crippen LogP contribution < -0.4 is 0 Å². The quantitative estimate of drug-likeness (QED) is 0.397. The van der Waals surface area contributed by atoms with Crippen molar-refractivity contribution in [2.24, 2.45) is 0 Å². The number of aromatic nitrogens is 2. The van der Waals surface area contributed by atoms with E-state index in [4.69, 9.17) is 4.74 Å². The fraction of sp³-hybridized carbons (Fsp3) is 0.158. The molecule has 0 atom stereocenters. The largest absolute Gasteiger partial charge is 0.457 e. The molecule has 0 fully saturated rings. The van der Waals surface area contributed by atoms with Gasteiger partial charge in [-0.3, -0.25) is 10.1 Å². The lowest BCUT2D eigenvalue weighted by atomic mass is 10.2. The van der Waals surface area contributed by atoms with Crippen LogP contribution in [0.5, 0.6) is 0 Å². The summed E-state index contributed by atoms with van der Waals surface area (Å²) >= 11 is 0. The summed E-state index contributed by atoms with van der Waals surface area (Å²) in [5, 5.41) is 15.1. The maximum Gasteiger partial charge on any atom is 0.338 e. The van der Waals surface area contributed by atoms with Crippen molar-refractivity contribution in [1.29, 1.82) is 0 Å². The van der Waals surface area contributed by atoms with Crippen LogP contribution >= 0.6 is 0 Å². The minimum Gasteiger partial charge on any atom is -0.457 e. The van der Waals surface area contributed by atoms with E-state index in [1.54, 1.807) is 35.0 Å². The molecule has 1 aromatic heterocycles. The minimum absolute atomic E-state index is 0.00216. The van der Waals surface area contributed by atoms with Gasteiger partial charge in [0, 0.05) is 17.8 Å². The first-order valence-corrected chi connectivity index (χ1v) is 7.98. The summed E-state index contributed by atoms with van der Waals surface area (Å²) in [4.78, 5) is 22.5. The van der Waals surface area contributed by atoms with Gasteiger partial charge in [0.25, 0.3) is 5.69 Å². The van der Waals surface area contributed by atoms with E-state index in [2.05, 4.69) is 5.10 Å². The molecule has 7 nitrogen and oxygen atoms in total. The highest BCUT2D eigenvalue weighted by atomic mass is 16.6. The normalized spacial score (nSPS) is 10.5. The Kier molecular flexibility index (Phi) is 4.79. The number of esters is 1. The first-order chi connectivity index (χ1) is 12.4. The van der Waals surface area contributed by atoms with Crippen molar-refractivity contribution in [1.82, 2.24) is 9.78 Å². The van der Waals surface area contributed by atoms with Crippen LogP contribution in [0.25, 0.3) is 5.69 Å². The Labute approximate surface area is 150 Å². The predicted molar refractivity (Wildman–Crippen MR) is 95.3 cm³/mol. The first kappa shape index (κ1) is 17.3. The number of carbonyl (C=O) groups excluding carboxylic acids is 1. The number of non-ortho nitro benzene ring substituents is 1. The van der Waals surface area contributed by atoms with Crippen LogP contribution in [-0.4, -0.2) is 20.7 Å². The standard InChI is InChI=1S/C19H17N3O4/c1-13-10-14(2)21(20-13)18-5-3-4-16(11-18)19(23)26-12-15-6-8-17(9-7-15)22(24)25/h3-11H,12H2,1-2H3. The van der Waals surface area contributed by atoms with Crippen molar-refractivity contribution in [3.05, 3.63) is 87.2 Å². The van der Waals surface area contributed by atoms with Gasteiger partial charge in [-0.15, -0.1) is 0 Å². The monoisotopic (exact) mass is 351 g/mol. The highest BCUT2D eigenvalue weighted by Crippen LogP contribution is 2.16. The lowest BCUT2D eigenvalue weighted by Gasteiger charge is -2.08.